The monoisotopic (exact) mass is 308 g/mol. The van der Waals surface area contributed by atoms with Gasteiger partial charge in [-0.1, -0.05) is 35.9 Å². The van der Waals surface area contributed by atoms with E-state index in [-0.39, 0.29) is 13.2 Å². The molecule has 0 amide bonds. The van der Waals surface area contributed by atoms with Crippen molar-refractivity contribution in [2.45, 2.75) is 19.8 Å². The number of benzene rings is 2. The number of aliphatic hydroxyl groups is 2. The van der Waals surface area contributed by atoms with Gasteiger partial charge in [0.05, 0.1) is 25.3 Å². The Kier molecular flexibility index (Phi) is 5.44. The largest absolute Gasteiger partial charge is 0.493 e. The average Bonchev–Trinajstić information content (AvgIpc) is 2.53. The summed E-state index contributed by atoms with van der Waals surface area (Å²) in [4.78, 5) is 0. The van der Waals surface area contributed by atoms with Crippen LogP contribution in [0.1, 0.15) is 16.7 Å². The summed E-state index contributed by atoms with van der Waals surface area (Å²) >= 11 is 6.16. The predicted molar refractivity (Wildman–Crippen MR) is 80.6 cm³/mol. The first-order valence-corrected chi connectivity index (χ1v) is 6.84. The van der Waals surface area contributed by atoms with Crippen LogP contribution in [-0.4, -0.2) is 17.3 Å². The van der Waals surface area contributed by atoms with E-state index in [1.807, 2.05) is 24.3 Å². The summed E-state index contributed by atoms with van der Waals surface area (Å²) in [5.74, 6) is 0.932. The van der Waals surface area contributed by atoms with Gasteiger partial charge in [0.2, 0.25) is 0 Å². The zero-order valence-corrected chi connectivity index (χ0v) is 12.4. The van der Waals surface area contributed by atoms with Gasteiger partial charge in [0.25, 0.3) is 0 Å². The van der Waals surface area contributed by atoms with Crippen LogP contribution in [0, 0.1) is 0 Å². The van der Waals surface area contributed by atoms with Crippen molar-refractivity contribution >= 4 is 11.6 Å². The first kappa shape index (κ1) is 15.6. The highest BCUT2D eigenvalue weighted by Gasteiger charge is 2.12. The van der Waals surface area contributed by atoms with Crippen LogP contribution >= 0.6 is 11.6 Å². The van der Waals surface area contributed by atoms with E-state index in [0.29, 0.717) is 28.7 Å². The highest BCUT2D eigenvalue weighted by molar-refractivity contribution is 6.32. The van der Waals surface area contributed by atoms with Gasteiger partial charge in [-0.05, 0) is 28.8 Å². The van der Waals surface area contributed by atoms with Crippen LogP contribution in [0.15, 0.2) is 36.4 Å². The summed E-state index contributed by atoms with van der Waals surface area (Å²) < 4.78 is 11.0. The summed E-state index contributed by atoms with van der Waals surface area (Å²) in [6, 6.07) is 10.8. The Labute approximate surface area is 128 Å². The molecule has 21 heavy (non-hydrogen) atoms. The topological polar surface area (TPSA) is 58.9 Å². The van der Waals surface area contributed by atoms with E-state index in [2.05, 4.69) is 0 Å². The Bertz CT molecular complexity index is 596. The summed E-state index contributed by atoms with van der Waals surface area (Å²) in [5.41, 5.74) is 2.47. The molecule has 0 spiro atoms. The first-order chi connectivity index (χ1) is 10.2. The second-order valence-electron chi connectivity index (χ2n) is 4.53. The zero-order valence-electron chi connectivity index (χ0n) is 11.7. The standard InChI is InChI=1S/C16H17ClO4/c1-20-15-7-13(9-19)6-14(17)16(15)21-10-12-4-2-11(8-18)3-5-12/h2-7,18-19H,8-10H2,1H3. The molecule has 2 rings (SSSR count). The molecule has 0 radical (unpaired) electrons. The van der Waals surface area contributed by atoms with E-state index in [4.69, 9.17) is 31.3 Å². The molecular formula is C16H17ClO4. The lowest BCUT2D eigenvalue weighted by Gasteiger charge is -2.14. The number of rotatable bonds is 6. The smallest absolute Gasteiger partial charge is 0.180 e. The lowest BCUT2D eigenvalue weighted by molar-refractivity contribution is 0.273. The Morgan fingerprint density at radius 1 is 0.952 bits per heavy atom. The molecule has 0 saturated carbocycles. The molecule has 0 aliphatic heterocycles. The van der Waals surface area contributed by atoms with Gasteiger partial charge in [-0.25, -0.2) is 0 Å². The minimum atomic E-state index is -0.112. The highest BCUT2D eigenvalue weighted by atomic mass is 35.5. The molecule has 2 N–H and O–H groups in total. The molecule has 4 nitrogen and oxygen atoms in total. The first-order valence-electron chi connectivity index (χ1n) is 6.46. The Hall–Kier alpha value is -1.75. The minimum absolute atomic E-state index is 0.0173. The summed E-state index contributed by atoms with van der Waals surface area (Å²) in [5, 5.41) is 18.6. The second kappa shape index (κ2) is 7.31. The summed E-state index contributed by atoms with van der Waals surface area (Å²) in [7, 11) is 1.52. The van der Waals surface area contributed by atoms with Crippen molar-refractivity contribution in [3.8, 4) is 11.5 Å². The summed E-state index contributed by atoms with van der Waals surface area (Å²) in [6.45, 7) is 0.239. The van der Waals surface area contributed by atoms with E-state index in [9.17, 15) is 0 Å². The number of aliphatic hydroxyl groups excluding tert-OH is 2. The van der Waals surface area contributed by atoms with Gasteiger partial charge in [0, 0.05) is 0 Å². The number of methoxy groups -OCH3 is 1. The maximum absolute atomic E-state index is 9.15. The van der Waals surface area contributed by atoms with Gasteiger partial charge < -0.3 is 19.7 Å². The van der Waals surface area contributed by atoms with Gasteiger partial charge in [0.1, 0.15) is 6.61 Å². The summed E-state index contributed by atoms with van der Waals surface area (Å²) in [6.07, 6.45) is 0. The molecule has 2 aromatic rings. The van der Waals surface area contributed by atoms with Gasteiger partial charge in [0.15, 0.2) is 11.5 Å². The number of hydrogen-bond donors (Lipinski definition) is 2. The maximum Gasteiger partial charge on any atom is 0.180 e. The molecule has 0 aliphatic carbocycles. The molecule has 0 atom stereocenters. The number of halogens is 1. The average molecular weight is 309 g/mol. The molecule has 0 unspecified atom stereocenters. The van der Waals surface area contributed by atoms with Crippen molar-refractivity contribution in [1.29, 1.82) is 0 Å². The molecule has 0 heterocycles. The minimum Gasteiger partial charge on any atom is -0.493 e. The van der Waals surface area contributed by atoms with Crippen molar-refractivity contribution in [3.05, 3.63) is 58.1 Å². The fourth-order valence-corrected chi connectivity index (χ4v) is 2.19. The predicted octanol–water partition coefficient (Wildman–Crippen LogP) is 2.91. The van der Waals surface area contributed by atoms with E-state index < -0.39 is 0 Å². The Balaban J connectivity index is 2.15. The molecular weight excluding hydrogens is 292 g/mol. The molecule has 5 heteroatoms. The van der Waals surface area contributed by atoms with E-state index >= 15 is 0 Å². The molecule has 112 valence electrons. The van der Waals surface area contributed by atoms with Crippen LogP contribution in [0.3, 0.4) is 0 Å². The Morgan fingerprint density at radius 2 is 1.57 bits per heavy atom. The zero-order chi connectivity index (χ0) is 15.2. The van der Waals surface area contributed by atoms with E-state index in [1.165, 1.54) is 7.11 Å². The van der Waals surface area contributed by atoms with Crippen molar-refractivity contribution in [2.24, 2.45) is 0 Å². The Morgan fingerprint density at radius 3 is 2.14 bits per heavy atom. The van der Waals surface area contributed by atoms with Crippen molar-refractivity contribution in [1.82, 2.24) is 0 Å². The van der Waals surface area contributed by atoms with E-state index in [1.54, 1.807) is 12.1 Å². The van der Waals surface area contributed by atoms with Crippen LogP contribution in [0.5, 0.6) is 11.5 Å². The molecule has 0 aromatic heterocycles. The fourth-order valence-electron chi connectivity index (χ4n) is 1.90. The van der Waals surface area contributed by atoms with Crippen LogP contribution in [0.4, 0.5) is 0 Å². The molecule has 0 bridgehead atoms. The van der Waals surface area contributed by atoms with Crippen LogP contribution in [0.2, 0.25) is 5.02 Å². The van der Waals surface area contributed by atoms with Gasteiger partial charge in [-0.3, -0.25) is 0 Å². The third-order valence-electron chi connectivity index (χ3n) is 3.06. The van der Waals surface area contributed by atoms with Crippen molar-refractivity contribution in [2.75, 3.05) is 7.11 Å². The van der Waals surface area contributed by atoms with Gasteiger partial charge in [-0.15, -0.1) is 0 Å². The maximum atomic E-state index is 9.15. The normalized spacial score (nSPS) is 10.5. The fraction of sp³-hybridized carbons (Fsp3) is 0.250. The van der Waals surface area contributed by atoms with Crippen LogP contribution < -0.4 is 9.47 Å². The molecule has 0 aliphatic rings. The lowest BCUT2D eigenvalue weighted by atomic mass is 10.1. The molecule has 0 saturated heterocycles. The van der Waals surface area contributed by atoms with E-state index in [0.717, 1.165) is 11.1 Å². The third-order valence-corrected chi connectivity index (χ3v) is 3.34. The van der Waals surface area contributed by atoms with Gasteiger partial charge >= 0.3 is 0 Å². The second-order valence-corrected chi connectivity index (χ2v) is 4.94. The third kappa shape index (κ3) is 3.88. The lowest BCUT2D eigenvalue weighted by Crippen LogP contribution is -2.00. The number of hydrogen-bond acceptors (Lipinski definition) is 4. The van der Waals surface area contributed by atoms with Gasteiger partial charge in [-0.2, -0.15) is 0 Å². The molecule has 2 aromatic carbocycles. The van der Waals surface area contributed by atoms with Crippen molar-refractivity contribution < 1.29 is 19.7 Å². The SMILES string of the molecule is COc1cc(CO)cc(Cl)c1OCc1ccc(CO)cc1. The van der Waals surface area contributed by atoms with Crippen molar-refractivity contribution in [3.63, 3.8) is 0 Å². The number of ether oxygens (including phenoxy) is 2. The van der Waals surface area contributed by atoms with Crippen LogP contribution in [0.25, 0.3) is 0 Å². The quantitative estimate of drug-likeness (QED) is 0.861. The van der Waals surface area contributed by atoms with Crippen LogP contribution in [-0.2, 0) is 19.8 Å². The molecule has 0 fully saturated rings. The highest BCUT2D eigenvalue weighted by Crippen LogP contribution is 2.36.